The first-order chi connectivity index (χ1) is 13.5. The number of benzene rings is 1. The molecule has 0 unspecified atom stereocenters. The van der Waals surface area contributed by atoms with Gasteiger partial charge in [0, 0.05) is 25.7 Å². The standard InChI is InChI=1S/C20H22N4O4/c25-17-9-15(21-11-1-2-11)19(27)23(17)13-5-7-14(8-6-13)24-18(26)10-16(20(24)28)22-12-3-4-12/h5-8,11-12,15-16,21-22H,1-4,9-10H2/p+2/t15-,16+. The first-order valence-corrected chi connectivity index (χ1v) is 10.0. The second-order valence-corrected chi connectivity index (χ2v) is 8.33. The van der Waals surface area contributed by atoms with E-state index >= 15 is 0 Å². The van der Waals surface area contributed by atoms with Crippen LogP contribution in [0.15, 0.2) is 24.3 Å². The molecule has 28 heavy (non-hydrogen) atoms. The summed E-state index contributed by atoms with van der Waals surface area (Å²) in [5, 5.41) is 4.01. The maximum atomic E-state index is 12.6. The number of carbonyl (C=O) groups is 4. The lowest BCUT2D eigenvalue weighted by Gasteiger charge is -2.17. The van der Waals surface area contributed by atoms with Gasteiger partial charge in [0.1, 0.15) is 0 Å². The molecule has 0 bridgehead atoms. The third-order valence-corrected chi connectivity index (χ3v) is 5.98. The van der Waals surface area contributed by atoms with Crippen molar-refractivity contribution in [2.45, 2.75) is 62.7 Å². The Morgan fingerprint density at radius 3 is 1.32 bits per heavy atom. The third-order valence-electron chi connectivity index (χ3n) is 5.98. The Morgan fingerprint density at radius 2 is 1.00 bits per heavy atom. The molecule has 5 rings (SSSR count). The van der Waals surface area contributed by atoms with Crippen LogP contribution in [0.3, 0.4) is 0 Å². The monoisotopic (exact) mass is 384 g/mol. The fourth-order valence-corrected chi connectivity index (χ4v) is 4.14. The van der Waals surface area contributed by atoms with Crippen molar-refractivity contribution < 1.29 is 29.8 Å². The average Bonchev–Trinajstić information content (AvgIpc) is 3.57. The number of hydrogen-bond acceptors (Lipinski definition) is 4. The van der Waals surface area contributed by atoms with E-state index in [1.54, 1.807) is 24.3 Å². The van der Waals surface area contributed by atoms with Crippen molar-refractivity contribution in [1.29, 1.82) is 0 Å². The molecule has 4 aliphatic rings. The maximum Gasteiger partial charge on any atom is 0.292 e. The van der Waals surface area contributed by atoms with Crippen molar-refractivity contribution in [3.63, 3.8) is 0 Å². The van der Waals surface area contributed by atoms with E-state index in [9.17, 15) is 19.2 Å². The third kappa shape index (κ3) is 3.12. The quantitative estimate of drug-likeness (QED) is 0.576. The number of amides is 4. The lowest BCUT2D eigenvalue weighted by Crippen LogP contribution is -2.93. The largest absolute Gasteiger partial charge is 0.333 e. The van der Waals surface area contributed by atoms with Gasteiger partial charge in [0.15, 0.2) is 12.1 Å². The molecule has 2 heterocycles. The van der Waals surface area contributed by atoms with Gasteiger partial charge in [-0.1, -0.05) is 0 Å². The van der Waals surface area contributed by atoms with Gasteiger partial charge in [-0.15, -0.1) is 0 Å². The first kappa shape index (κ1) is 17.5. The van der Waals surface area contributed by atoms with Gasteiger partial charge >= 0.3 is 0 Å². The van der Waals surface area contributed by atoms with E-state index in [1.165, 1.54) is 9.80 Å². The smallest absolute Gasteiger partial charge is 0.292 e. The molecule has 0 aromatic heterocycles. The summed E-state index contributed by atoms with van der Waals surface area (Å²) in [4.78, 5) is 52.4. The average molecular weight is 384 g/mol. The van der Waals surface area contributed by atoms with E-state index in [2.05, 4.69) is 0 Å². The van der Waals surface area contributed by atoms with Crippen LogP contribution < -0.4 is 20.4 Å². The van der Waals surface area contributed by atoms with E-state index in [1.807, 2.05) is 10.6 Å². The van der Waals surface area contributed by atoms with Crippen LogP contribution in [-0.4, -0.2) is 47.8 Å². The number of rotatable bonds is 6. The minimum atomic E-state index is -0.333. The molecule has 2 atom stereocenters. The summed E-state index contributed by atoms with van der Waals surface area (Å²) in [5.74, 6) is -0.770. The van der Waals surface area contributed by atoms with E-state index in [4.69, 9.17) is 0 Å². The summed E-state index contributed by atoms with van der Waals surface area (Å²) < 4.78 is 0. The number of quaternary nitrogens is 2. The van der Waals surface area contributed by atoms with Crippen LogP contribution in [0.1, 0.15) is 38.5 Å². The summed E-state index contributed by atoms with van der Waals surface area (Å²) in [5.41, 5.74) is 0.983. The van der Waals surface area contributed by atoms with E-state index in [0.717, 1.165) is 25.7 Å². The number of imide groups is 2. The van der Waals surface area contributed by atoms with Crippen LogP contribution in [0.25, 0.3) is 0 Å². The Hall–Kier alpha value is -2.58. The van der Waals surface area contributed by atoms with E-state index in [-0.39, 0.29) is 48.6 Å². The van der Waals surface area contributed by atoms with Gasteiger partial charge < -0.3 is 10.6 Å². The number of carbonyl (C=O) groups excluding carboxylic acids is 4. The predicted molar refractivity (Wildman–Crippen MR) is 98.1 cm³/mol. The molecule has 2 saturated carbocycles. The zero-order chi connectivity index (χ0) is 19.4. The summed E-state index contributed by atoms with van der Waals surface area (Å²) in [7, 11) is 0. The molecule has 8 nitrogen and oxygen atoms in total. The van der Waals surface area contributed by atoms with Gasteiger partial charge in [-0.25, -0.2) is 9.80 Å². The molecule has 1 aromatic carbocycles. The highest BCUT2D eigenvalue weighted by molar-refractivity contribution is 6.23. The Kier molecular flexibility index (Phi) is 4.06. The van der Waals surface area contributed by atoms with Crippen LogP contribution in [0.5, 0.6) is 0 Å². The molecule has 1 aromatic rings. The minimum absolute atomic E-state index is 0.183. The van der Waals surface area contributed by atoms with Gasteiger partial charge in [-0.05, 0) is 24.3 Å². The van der Waals surface area contributed by atoms with E-state index in [0.29, 0.717) is 23.5 Å². The van der Waals surface area contributed by atoms with E-state index < -0.39 is 0 Å². The zero-order valence-corrected chi connectivity index (χ0v) is 15.5. The lowest BCUT2D eigenvalue weighted by molar-refractivity contribution is -0.687. The molecule has 2 aliphatic carbocycles. The molecule has 146 valence electrons. The van der Waals surface area contributed by atoms with Crippen LogP contribution in [0, 0.1) is 0 Å². The summed E-state index contributed by atoms with van der Waals surface area (Å²) in [6, 6.07) is 6.84. The number of nitrogens with zero attached hydrogens (tertiary/aromatic N) is 2. The Labute approximate surface area is 162 Å². The summed E-state index contributed by atoms with van der Waals surface area (Å²) in [6.45, 7) is 0. The highest BCUT2D eigenvalue weighted by Crippen LogP contribution is 2.28. The fourth-order valence-electron chi connectivity index (χ4n) is 4.14. The van der Waals surface area contributed by atoms with Gasteiger partial charge in [0.05, 0.1) is 36.3 Å². The normalized spacial score (nSPS) is 28.0. The van der Waals surface area contributed by atoms with Crippen molar-refractivity contribution >= 4 is 35.0 Å². The van der Waals surface area contributed by atoms with Crippen LogP contribution >= 0.6 is 0 Å². The SMILES string of the molecule is O=C1C[C@H]([NH2+]C2CC2)C(=O)N1c1ccc(N2C(=O)C[C@@H]([NH2+]C3CC3)C2=O)cc1. The van der Waals surface area contributed by atoms with Crippen molar-refractivity contribution in [3.8, 4) is 0 Å². The molecule has 0 radical (unpaired) electrons. The molecular formula is C20H24N4O4+2. The number of nitrogens with two attached hydrogens (primary N) is 2. The molecule has 2 saturated heterocycles. The molecule has 8 heteroatoms. The van der Waals surface area contributed by atoms with Crippen LogP contribution in [-0.2, 0) is 19.2 Å². The van der Waals surface area contributed by atoms with Crippen molar-refractivity contribution in [2.75, 3.05) is 9.80 Å². The molecular weight excluding hydrogens is 360 g/mol. The fraction of sp³-hybridized carbons (Fsp3) is 0.500. The Balaban J connectivity index is 1.31. The Bertz CT molecular complexity index is 788. The van der Waals surface area contributed by atoms with Gasteiger partial charge in [-0.3, -0.25) is 19.2 Å². The van der Waals surface area contributed by atoms with Gasteiger partial charge in [0.2, 0.25) is 11.8 Å². The molecule has 0 spiro atoms. The van der Waals surface area contributed by atoms with Crippen molar-refractivity contribution in [2.24, 2.45) is 0 Å². The lowest BCUT2D eigenvalue weighted by atomic mass is 10.2. The van der Waals surface area contributed by atoms with Crippen LogP contribution in [0.2, 0.25) is 0 Å². The zero-order valence-electron chi connectivity index (χ0n) is 15.5. The van der Waals surface area contributed by atoms with Crippen molar-refractivity contribution in [3.05, 3.63) is 24.3 Å². The highest BCUT2D eigenvalue weighted by Gasteiger charge is 2.46. The second kappa shape index (κ2) is 6.49. The molecule has 4 N–H and O–H groups in total. The number of anilines is 2. The second-order valence-electron chi connectivity index (χ2n) is 8.33. The highest BCUT2D eigenvalue weighted by atomic mass is 16.2. The minimum Gasteiger partial charge on any atom is -0.333 e. The first-order valence-electron chi connectivity index (χ1n) is 10.0. The maximum absolute atomic E-state index is 12.6. The van der Waals surface area contributed by atoms with Gasteiger partial charge in [0.25, 0.3) is 11.8 Å². The van der Waals surface area contributed by atoms with Gasteiger partial charge in [-0.2, -0.15) is 0 Å². The van der Waals surface area contributed by atoms with Crippen LogP contribution in [0.4, 0.5) is 11.4 Å². The molecule has 4 fully saturated rings. The summed E-state index contributed by atoms with van der Waals surface area (Å²) in [6.07, 6.45) is 4.85. The topological polar surface area (TPSA) is 108 Å². The summed E-state index contributed by atoms with van der Waals surface area (Å²) >= 11 is 0. The van der Waals surface area contributed by atoms with Crippen molar-refractivity contribution in [1.82, 2.24) is 0 Å². The molecule has 2 aliphatic heterocycles. The predicted octanol–water partition coefficient (Wildman–Crippen LogP) is -1.60. The number of hydrogen-bond donors (Lipinski definition) is 2. The Morgan fingerprint density at radius 1 is 0.643 bits per heavy atom. The molecule has 4 amide bonds.